The van der Waals surface area contributed by atoms with E-state index >= 15 is 0 Å². The van der Waals surface area contributed by atoms with E-state index in [0.717, 1.165) is 50.3 Å². The first kappa shape index (κ1) is 32.3. The first-order valence-electron chi connectivity index (χ1n) is 16.2. The molecule has 0 fully saturated rings. The molecule has 5 aromatic carbocycles. The molecule has 0 aliphatic carbocycles. The van der Waals surface area contributed by atoms with Crippen LogP contribution in [0, 0.1) is 46.8 Å². The maximum atomic E-state index is 6.46. The number of hydrogen-bond acceptors (Lipinski definition) is 3. The third-order valence-corrected chi connectivity index (χ3v) is 9.05. The van der Waals surface area contributed by atoms with Gasteiger partial charge in [-0.05, 0) is 91.6 Å². The zero-order valence-corrected chi connectivity index (χ0v) is 30.3. The SMILES string of the molecule is Cc1cc(C)c(-c2ccnc(-n3c4[c-]c(Oc5[c-]c(-c6nccn6-c6c(C)cccc6C)ccc5)ccc4c4ccccc43)c2)c(C)c1.[Pt+2]. The van der Waals surface area contributed by atoms with E-state index in [2.05, 4.69) is 129 Å². The molecule has 5 nitrogen and oxygen atoms in total. The van der Waals surface area contributed by atoms with Crippen LogP contribution in [-0.4, -0.2) is 19.1 Å². The molecular weight excluding hydrogens is 784 g/mol. The molecule has 242 valence electrons. The monoisotopic (exact) mass is 817 g/mol. The van der Waals surface area contributed by atoms with E-state index in [0.29, 0.717) is 11.5 Å². The summed E-state index contributed by atoms with van der Waals surface area (Å²) < 4.78 is 10.8. The van der Waals surface area contributed by atoms with Crippen molar-refractivity contribution >= 4 is 21.8 Å². The number of imidazole rings is 1. The molecule has 0 bridgehead atoms. The largest absolute Gasteiger partial charge is 2.00 e. The molecule has 0 aliphatic rings. The summed E-state index contributed by atoms with van der Waals surface area (Å²) in [4.78, 5) is 9.58. The van der Waals surface area contributed by atoms with Crippen LogP contribution in [0.2, 0.25) is 0 Å². The first-order valence-corrected chi connectivity index (χ1v) is 16.2. The molecule has 0 saturated heterocycles. The molecular formula is C43H34N4OPt. The minimum Gasteiger partial charge on any atom is -0.503 e. The van der Waals surface area contributed by atoms with Crippen molar-refractivity contribution in [3.05, 3.63) is 156 Å². The van der Waals surface area contributed by atoms with Crippen LogP contribution < -0.4 is 4.74 Å². The summed E-state index contributed by atoms with van der Waals surface area (Å²) in [6.07, 6.45) is 5.72. The number of nitrogens with zero attached hydrogens (tertiary/aromatic N) is 4. The first-order chi connectivity index (χ1) is 23.4. The van der Waals surface area contributed by atoms with Gasteiger partial charge < -0.3 is 13.9 Å². The fourth-order valence-corrected chi connectivity index (χ4v) is 7.13. The number of benzene rings is 5. The van der Waals surface area contributed by atoms with Crippen LogP contribution in [0.5, 0.6) is 11.5 Å². The molecule has 0 saturated carbocycles. The Morgan fingerprint density at radius 3 is 2.16 bits per heavy atom. The smallest absolute Gasteiger partial charge is 0.503 e. The fraction of sp³-hybridized carbons (Fsp3) is 0.116. The Bertz CT molecular complexity index is 2460. The summed E-state index contributed by atoms with van der Waals surface area (Å²) in [6.45, 7) is 10.7. The summed E-state index contributed by atoms with van der Waals surface area (Å²) in [7, 11) is 0. The molecule has 49 heavy (non-hydrogen) atoms. The number of aryl methyl sites for hydroxylation is 5. The van der Waals surface area contributed by atoms with Crippen LogP contribution in [0.3, 0.4) is 0 Å². The maximum absolute atomic E-state index is 6.46. The number of hydrogen-bond donors (Lipinski definition) is 0. The fourth-order valence-electron chi connectivity index (χ4n) is 7.13. The quantitative estimate of drug-likeness (QED) is 0.157. The van der Waals surface area contributed by atoms with Gasteiger partial charge in [-0.25, -0.2) is 4.98 Å². The molecule has 3 aromatic heterocycles. The van der Waals surface area contributed by atoms with Gasteiger partial charge in [0.05, 0.1) is 5.82 Å². The Balaban J connectivity index is 0.00000378. The van der Waals surface area contributed by atoms with Crippen LogP contribution in [0.15, 0.2) is 116 Å². The second-order valence-corrected chi connectivity index (χ2v) is 12.5. The van der Waals surface area contributed by atoms with Gasteiger partial charge in [-0.15, -0.1) is 41.3 Å². The number of rotatable bonds is 6. The minimum atomic E-state index is 0. The van der Waals surface area contributed by atoms with Gasteiger partial charge >= 0.3 is 21.1 Å². The summed E-state index contributed by atoms with van der Waals surface area (Å²) in [5.41, 5.74) is 12.5. The van der Waals surface area contributed by atoms with Crippen LogP contribution in [0.1, 0.15) is 27.8 Å². The van der Waals surface area contributed by atoms with Crippen LogP contribution in [-0.2, 0) is 21.1 Å². The van der Waals surface area contributed by atoms with Gasteiger partial charge in [0.15, 0.2) is 0 Å². The van der Waals surface area contributed by atoms with Crippen molar-refractivity contribution in [2.45, 2.75) is 34.6 Å². The van der Waals surface area contributed by atoms with Crippen LogP contribution in [0.4, 0.5) is 0 Å². The summed E-state index contributed by atoms with van der Waals surface area (Å²) >= 11 is 0. The minimum absolute atomic E-state index is 0. The summed E-state index contributed by atoms with van der Waals surface area (Å²) in [6, 6.07) is 40.5. The summed E-state index contributed by atoms with van der Waals surface area (Å²) in [5.74, 6) is 2.83. The number of pyridine rings is 1. The third-order valence-electron chi connectivity index (χ3n) is 9.05. The zero-order chi connectivity index (χ0) is 32.9. The topological polar surface area (TPSA) is 44.9 Å². The molecule has 0 amide bonds. The van der Waals surface area contributed by atoms with Gasteiger partial charge in [0.25, 0.3) is 0 Å². The van der Waals surface area contributed by atoms with Crippen molar-refractivity contribution < 1.29 is 25.8 Å². The van der Waals surface area contributed by atoms with E-state index in [1.54, 1.807) is 0 Å². The van der Waals surface area contributed by atoms with E-state index in [-0.39, 0.29) is 21.1 Å². The molecule has 0 radical (unpaired) electrons. The Kier molecular flexibility index (Phi) is 8.56. The van der Waals surface area contributed by atoms with Gasteiger partial charge in [0, 0.05) is 41.3 Å². The third kappa shape index (κ3) is 5.79. The number of ether oxygens (including phenoxy) is 1. The van der Waals surface area contributed by atoms with Gasteiger partial charge in [-0.2, -0.15) is 6.07 Å². The molecule has 8 rings (SSSR count). The van der Waals surface area contributed by atoms with Crippen LogP contribution in [0.25, 0.3) is 55.8 Å². The number of aromatic nitrogens is 4. The summed E-state index contributed by atoms with van der Waals surface area (Å²) in [5, 5.41) is 2.22. The average Bonchev–Trinajstić information content (AvgIpc) is 3.67. The van der Waals surface area contributed by atoms with Crippen molar-refractivity contribution in [2.24, 2.45) is 0 Å². The molecule has 0 N–H and O–H groups in total. The van der Waals surface area contributed by atoms with E-state index in [1.165, 1.54) is 33.4 Å². The Labute approximate surface area is 301 Å². The second-order valence-electron chi connectivity index (χ2n) is 12.5. The van der Waals surface area contributed by atoms with Crippen molar-refractivity contribution in [1.29, 1.82) is 0 Å². The van der Waals surface area contributed by atoms with E-state index < -0.39 is 0 Å². The molecule has 0 spiro atoms. The normalized spacial score (nSPS) is 11.2. The standard InChI is InChI=1S/C43H34N4O.Pt/c1-27-22-30(4)41(31(5)23-27)32-18-19-44-40(25-32)47-38-15-7-6-14-36(38)37-17-16-35(26-39(37)47)48-34-13-9-12-33(24-34)43-45-20-21-46(43)42-28(2)10-8-11-29(42)3;/h6-23,25H,1-5H3;/q-2;+2. The predicted octanol–water partition coefficient (Wildman–Crippen LogP) is 10.6. The van der Waals surface area contributed by atoms with Gasteiger partial charge in [0.1, 0.15) is 5.82 Å². The predicted molar refractivity (Wildman–Crippen MR) is 194 cm³/mol. The molecule has 0 aliphatic heterocycles. The van der Waals surface area contributed by atoms with Crippen molar-refractivity contribution in [3.8, 4) is 45.5 Å². The van der Waals surface area contributed by atoms with E-state index in [9.17, 15) is 0 Å². The van der Waals surface area contributed by atoms with E-state index in [4.69, 9.17) is 14.7 Å². The maximum Gasteiger partial charge on any atom is 2.00 e. The van der Waals surface area contributed by atoms with Crippen molar-refractivity contribution in [3.63, 3.8) is 0 Å². The Morgan fingerprint density at radius 1 is 0.633 bits per heavy atom. The van der Waals surface area contributed by atoms with Gasteiger partial charge in [0.2, 0.25) is 0 Å². The molecule has 8 aromatic rings. The number of fused-ring (bicyclic) bond motifs is 3. The number of para-hydroxylation sites is 2. The van der Waals surface area contributed by atoms with E-state index in [1.807, 2.05) is 42.9 Å². The zero-order valence-electron chi connectivity index (χ0n) is 28.0. The molecule has 6 heteroatoms. The Hall–Kier alpha value is -5.25. The van der Waals surface area contributed by atoms with Crippen molar-refractivity contribution in [1.82, 2.24) is 19.1 Å². The molecule has 3 heterocycles. The average molecular weight is 818 g/mol. The molecule has 0 unspecified atom stereocenters. The van der Waals surface area contributed by atoms with Gasteiger partial charge in [-0.3, -0.25) is 4.98 Å². The van der Waals surface area contributed by atoms with Crippen LogP contribution >= 0.6 is 0 Å². The molecule has 0 atom stereocenters. The van der Waals surface area contributed by atoms with Crippen molar-refractivity contribution in [2.75, 3.05) is 0 Å². The van der Waals surface area contributed by atoms with Gasteiger partial charge in [-0.1, -0.05) is 65.7 Å². The second kappa shape index (κ2) is 13.0. The Morgan fingerprint density at radius 2 is 1.37 bits per heavy atom.